The molecule has 6 heteroatoms. The molecule has 1 aliphatic rings. The molecule has 0 saturated carbocycles. The normalized spacial score (nSPS) is 17.9. The van der Waals surface area contributed by atoms with Gasteiger partial charge in [-0.05, 0) is 45.2 Å². The minimum atomic E-state index is -0.453. The van der Waals surface area contributed by atoms with Crippen LogP contribution in [0.15, 0.2) is 6.07 Å². The van der Waals surface area contributed by atoms with Gasteiger partial charge >= 0.3 is 6.09 Å². The molecule has 0 aliphatic heterocycles. The van der Waals surface area contributed by atoms with E-state index in [1.54, 1.807) is 11.3 Å². The maximum Gasteiger partial charge on any atom is 0.407 e. The summed E-state index contributed by atoms with van der Waals surface area (Å²) in [6.07, 6.45) is 1.82. The van der Waals surface area contributed by atoms with Crippen molar-refractivity contribution in [2.24, 2.45) is 0 Å². The molecule has 0 fully saturated rings. The summed E-state index contributed by atoms with van der Waals surface area (Å²) >= 11 is 7.69. The molecule has 1 aromatic heterocycles. The number of thiophene rings is 1. The first-order valence-corrected chi connectivity index (χ1v) is 8.03. The zero-order valence-electron chi connectivity index (χ0n) is 12.1. The van der Waals surface area contributed by atoms with Gasteiger partial charge in [0.25, 0.3) is 0 Å². The lowest BCUT2D eigenvalue weighted by Gasteiger charge is -2.20. The van der Waals surface area contributed by atoms with E-state index >= 15 is 0 Å². The van der Waals surface area contributed by atoms with Crippen molar-refractivity contribution in [2.45, 2.75) is 45.3 Å². The van der Waals surface area contributed by atoms with Gasteiger partial charge in [-0.15, -0.1) is 11.3 Å². The predicted molar refractivity (Wildman–Crippen MR) is 82.6 cm³/mol. The summed E-state index contributed by atoms with van der Waals surface area (Å²) in [4.78, 5) is 12.9. The molecule has 0 radical (unpaired) electrons. The zero-order chi connectivity index (χ0) is 14.8. The summed E-state index contributed by atoms with van der Waals surface area (Å²) in [5, 5.41) is 6.19. The van der Waals surface area contributed by atoms with Crippen LogP contribution in [0, 0.1) is 0 Å². The standard InChI is InChI=1S/C14H21ClN2O2S/c1-14(2,3)19-13(18)17-7-6-16-10-4-5-11-9(10)8-12(15)20-11/h8,10,16H,4-7H2,1-3H3,(H,17,18). The lowest BCUT2D eigenvalue weighted by atomic mass is 10.2. The van der Waals surface area contributed by atoms with Gasteiger partial charge in [-0.1, -0.05) is 11.6 Å². The number of fused-ring (bicyclic) bond motifs is 1. The van der Waals surface area contributed by atoms with Gasteiger partial charge in [0, 0.05) is 24.0 Å². The smallest absolute Gasteiger partial charge is 0.407 e. The summed E-state index contributed by atoms with van der Waals surface area (Å²) in [6, 6.07) is 2.40. The Morgan fingerprint density at radius 2 is 2.25 bits per heavy atom. The van der Waals surface area contributed by atoms with Crippen LogP contribution in [0.4, 0.5) is 4.79 Å². The number of ether oxygens (including phenoxy) is 1. The van der Waals surface area contributed by atoms with Gasteiger partial charge in [0.05, 0.1) is 4.34 Å². The van der Waals surface area contributed by atoms with Crippen LogP contribution in [0.1, 0.15) is 43.7 Å². The molecular weight excluding hydrogens is 296 g/mol. The zero-order valence-corrected chi connectivity index (χ0v) is 13.7. The number of halogens is 1. The first-order valence-electron chi connectivity index (χ1n) is 6.83. The molecular formula is C14H21ClN2O2S. The highest BCUT2D eigenvalue weighted by Crippen LogP contribution is 2.39. The van der Waals surface area contributed by atoms with E-state index < -0.39 is 5.60 Å². The van der Waals surface area contributed by atoms with Crippen molar-refractivity contribution >= 4 is 29.0 Å². The van der Waals surface area contributed by atoms with Crippen LogP contribution in [0.3, 0.4) is 0 Å². The van der Waals surface area contributed by atoms with Crippen LogP contribution in [-0.4, -0.2) is 24.8 Å². The number of hydrogen-bond donors (Lipinski definition) is 2. The van der Waals surface area contributed by atoms with Crippen LogP contribution in [0.5, 0.6) is 0 Å². The molecule has 1 aromatic rings. The summed E-state index contributed by atoms with van der Waals surface area (Å²) in [6.45, 7) is 6.83. The van der Waals surface area contributed by atoms with Crippen molar-refractivity contribution in [3.8, 4) is 0 Å². The molecule has 0 bridgehead atoms. The van der Waals surface area contributed by atoms with E-state index in [2.05, 4.69) is 10.6 Å². The average molecular weight is 317 g/mol. The van der Waals surface area contributed by atoms with Gasteiger partial charge < -0.3 is 15.4 Å². The lowest BCUT2D eigenvalue weighted by molar-refractivity contribution is 0.0528. The molecule has 1 unspecified atom stereocenters. The van der Waals surface area contributed by atoms with Gasteiger partial charge in [0.2, 0.25) is 0 Å². The van der Waals surface area contributed by atoms with Crippen LogP contribution >= 0.6 is 22.9 Å². The molecule has 20 heavy (non-hydrogen) atoms. The molecule has 0 saturated heterocycles. The number of amides is 1. The molecule has 4 nitrogen and oxygen atoms in total. The van der Waals surface area contributed by atoms with Crippen LogP contribution < -0.4 is 10.6 Å². The van der Waals surface area contributed by atoms with Crippen LogP contribution in [-0.2, 0) is 11.2 Å². The number of carbonyl (C=O) groups is 1. The summed E-state index contributed by atoms with van der Waals surface area (Å²) in [7, 11) is 0. The summed E-state index contributed by atoms with van der Waals surface area (Å²) in [5.41, 5.74) is 0.864. The van der Waals surface area contributed by atoms with E-state index in [9.17, 15) is 4.79 Å². The van der Waals surface area contributed by atoms with E-state index in [1.807, 2.05) is 26.8 Å². The van der Waals surface area contributed by atoms with Crippen molar-refractivity contribution in [3.05, 3.63) is 20.8 Å². The number of carbonyl (C=O) groups excluding carboxylic acids is 1. The molecule has 1 amide bonds. The van der Waals surface area contributed by atoms with Crippen LogP contribution in [0.25, 0.3) is 0 Å². The second-order valence-electron chi connectivity index (χ2n) is 5.90. The molecule has 0 spiro atoms. The van der Waals surface area contributed by atoms with Crippen molar-refractivity contribution in [1.29, 1.82) is 0 Å². The highest BCUT2D eigenvalue weighted by molar-refractivity contribution is 7.16. The Morgan fingerprint density at radius 1 is 1.50 bits per heavy atom. The number of rotatable bonds is 4. The van der Waals surface area contributed by atoms with Gasteiger partial charge in [-0.25, -0.2) is 4.79 Å². The Balaban J connectivity index is 1.69. The topological polar surface area (TPSA) is 50.4 Å². The molecule has 2 N–H and O–H groups in total. The molecule has 1 heterocycles. The number of nitrogens with one attached hydrogen (secondary N) is 2. The fourth-order valence-corrected chi connectivity index (χ4v) is 3.62. The Morgan fingerprint density at radius 3 is 2.95 bits per heavy atom. The third-order valence-electron chi connectivity index (χ3n) is 3.03. The number of hydrogen-bond acceptors (Lipinski definition) is 4. The number of aryl methyl sites for hydroxylation is 1. The average Bonchev–Trinajstić information content (AvgIpc) is 2.82. The monoisotopic (exact) mass is 316 g/mol. The lowest BCUT2D eigenvalue weighted by Crippen LogP contribution is -2.37. The van der Waals surface area contributed by atoms with Gasteiger partial charge in [0.1, 0.15) is 5.60 Å². The third kappa shape index (κ3) is 4.36. The van der Waals surface area contributed by atoms with E-state index in [-0.39, 0.29) is 6.09 Å². The van der Waals surface area contributed by atoms with Crippen molar-refractivity contribution in [1.82, 2.24) is 10.6 Å². The minimum Gasteiger partial charge on any atom is -0.444 e. The SMILES string of the molecule is CC(C)(C)OC(=O)NCCNC1CCc2sc(Cl)cc21. The largest absolute Gasteiger partial charge is 0.444 e. The Kier molecular flexibility index (Phi) is 4.94. The van der Waals surface area contributed by atoms with Gasteiger partial charge in [-0.2, -0.15) is 0 Å². The van der Waals surface area contributed by atoms with Crippen molar-refractivity contribution in [3.63, 3.8) is 0 Å². The first-order chi connectivity index (χ1) is 9.35. The third-order valence-corrected chi connectivity index (χ3v) is 4.37. The molecule has 1 atom stereocenters. The second kappa shape index (κ2) is 6.33. The maximum absolute atomic E-state index is 11.5. The first kappa shape index (κ1) is 15.6. The van der Waals surface area contributed by atoms with Gasteiger partial charge in [-0.3, -0.25) is 0 Å². The van der Waals surface area contributed by atoms with Gasteiger partial charge in [0.15, 0.2) is 0 Å². The fourth-order valence-electron chi connectivity index (χ4n) is 2.27. The molecule has 1 aliphatic carbocycles. The maximum atomic E-state index is 11.5. The minimum absolute atomic E-state index is 0.356. The van der Waals surface area contributed by atoms with E-state index in [1.165, 1.54) is 10.4 Å². The van der Waals surface area contributed by atoms with E-state index in [0.29, 0.717) is 12.6 Å². The fraction of sp³-hybridized carbons (Fsp3) is 0.643. The Labute approximate surface area is 128 Å². The number of alkyl carbamates (subject to hydrolysis) is 1. The van der Waals surface area contributed by atoms with Crippen molar-refractivity contribution < 1.29 is 9.53 Å². The Bertz CT molecular complexity index is 482. The Hall–Kier alpha value is -0.780. The van der Waals surface area contributed by atoms with Crippen molar-refractivity contribution in [2.75, 3.05) is 13.1 Å². The molecule has 2 rings (SSSR count). The molecule has 112 valence electrons. The van der Waals surface area contributed by atoms with Crippen LogP contribution in [0.2, 0.25) is 4.34 Å². The predicted octanol–water partition coefficient (Wildman–Crippen LogP) is 3.50. The second-order valence-corrected chi connectivity index (χ2v) is 7.67. The quantitative estimate of drug-likeness (QED) is 0.836. The summed E-state index contributed by atoms with van der Waals surface area (Å²) in [5.74, 6) is 0. The van der Waals surface area contributed by atoms with E-state index in [4.69, 9.17) is 16.3 Å². The highest BCUT2D eigenvalue weighted by Gasteiger charge is 2.24. The molecule has 0 aromatic carbocycles. The highest BCUT2D eigenvalue weighted by atomic mass is 35.5. The summed E-state index contributed by atoms with van der Waals surface area (Å²) < 4.78 is 6.03. The van der Waals surface area contributed by atoms with E-state index in [0.717, 1.165) is 23.7 Å².